The van der Waals surface area contributed by atoms with Gasteiger partial charge in [0.25, 0.3) is 11.8 Å². The van der Waals surface area contributed by atoms with E-state index < -0.39 is 12.0 Å². The Bertz CT molecular complexity index is 690. The fourth-order valence-electron chi connectivity index (χ4n) is 2.50. The Morgan fingerprint density at radius 1 is 1.55 bits per heavy atom. The summed E-state index contributed by atoms with van der Waals surface area (Å²) in [5.41, 5.74) is 1.03. The van der Waals surface area contributed by atoms with Gasteiger partial charge in [-0.1, -0.05) is 11.6 Å². The van der Waals surface area contributed by atoms with Gasteiger partial charge < -0.3 is 9.88 Å². The van der Waals surface area contributed by atoms with Gasteiger partial charge in [0.05, 0.1) is 5.52 Å². The van der Waals surface area contributed by atoms with Crippen molar-refractivity contribution in [2.45, 2.75) is 24.8 Å². The highest BCUT2D eigenvalue weighted by Gasteiger charge is 2.46. The molecule has 1 aliphatic rings. The second-order valence-electron chi connectivity index (χ2n) is 5.06. The average Bonchev–Trinajstić information content (AvgIpc) is 2.66. The van der Waals surface area contributed by atoms with E-state index in [0.29, 0.717) is 16.4 Å². The molecule has 2 aromatic rings. The third-order valence-electron chi connectivity index (χ3n) is 3.56. The second-order valence-corrected chi connectivity index (χ2v) is 5.42. The second kappa shape index (κ2) is 4.41. The molecule has 106 valence electrons. The maximum atomic E-state index is 12.8. The highest BCUT2D eigenvalue weighted by molar-refractivity contribution is 6.34. The largest absolute Gasteiger partial charge is 0.348 e. The molecule has 0 unspecified atom stereocenters. The Morgan fingerprint density at radius 2 is 2.25 bits per heavy atom. The molecule has 0 saturated heterocycles. The van der Waals surface area contributed by atoms with Crippen LogP contribution < -0.4 is 5.32 Å². The molecule has 2 heterocycles. The first-order valence-corrected chi connectivity index (χ1v) is 6.54. The number of aromatic nitrogens is 2. The molecule has 2 aromatic heterocycles. The summed E-state index contributed by atoms with van der Waals surface area (Å²) >= 11 is 6.00. The number of carbonyl (C=O) groups excluding carboxylic acids is 1. The lowest BCUT2D eigenvalue weighted by molar-refractivity contribution is -0.0901. The predicted molar refractivity (Wildman–Crippen MR) is 71.2 cm³/mol. The first-order valence-electron chi connectivity index (χ1n) is 6.16. The first kappa shape index (κ1) is 13.3. The van der Waals surface area contributed by atoms with Crippen molar-refractivity contribution in [2.75, 3.05) is 0 Å². The van der Waals surface area contributed by atoms with Crippen molar-refractivity contribution in [3.05, 3.63) is 29.2 Å². The van der Waals surface area contributed by atoms with E-state index in [0.717, 1.165) is 5.39 Å². The van der Waals surface area contributed by atoms with Crippen LogP contribution in [0.3, 0.4) is 0 Å². The molecule has 0 aliphatic heterocycles. The van der Waals surface area contributed by atoms with Crippen LogP contribution in [-0.2, 0) is 7.05 Å². The van der Waals surface area contributed by atoms with Gasteiger partial charge in [-0.2, -0.15) is 0 Å². The van der Waals surface area contributed by atoms with Crippen molar-refractivity contribution in [3.8, 4) is 0 Å². The zero-order valence-electron chi connectivity index (χ0n) is 10.7. The topological polar surface area (TPSA) is 46.9 Å². The minimum atomic E-state index is -2.65. The lowest BCUT2D eigenvalue weighted by Gasteiger charge is -2.35. The first-order chi connectivity index (χ1) is 9.37. The number of alkyl halides is 2. The van der Waals surface area contributed by atoms with Crippen molar-refractivity contribution >= 4 is 28.4 Å². The van der Waals surface area contributed by atoms with Crippen LogP contribution in [0.4, 0.5) is 8.78 Å². The lowest BCUT2D eigenvalue weighted by atomic mass is 9.88. The predicted octanol–water partition coefficient (Wildman–Crippen LogP) is 2.75. The highest BCUT2D eigenvalue weighted by Crippen LogP contribution is 2.37. The van der Waals surface area contributed by atoms with Crippen LogP contribution in [0.25, 0.3) is 10.9 Å². The Morgan fingerprint density at radius 3 is 2.85 bits per heavy atom. The molecule has 1 fully saturated rings. The van der Waals surface area contributed by atoms with Crippen LogP contribution in [-0.4, -0.2) is 27.4 Å². The number of pyridine rings is 1. The van der Waals surface area contributed by atoms with Gasteiger partial charge in [0.15, 0.2) is 5.15 Å². The molecule has 0 atom stereocenters. The Balaban J connectivity index is 1.85. The number of amides is 1. The van der Waals surface area contributed by atoms with Crippen molar-refractivity contribution < 1.29 is 13.6 Å². The molecule has 20 heavy (non-hydrogen) atoms. The fraction of sp³-hybridized carbons (Fsp3) is 0.385. The summed E-state index contributed by atoms with van der Waals surface area (Å²) in [6.45, 7) is 0. The summed E-state index contributed by atoms with van der Waals surface area (Å²) in [6.07, 6.45) is 0.953. The monoisotopic (exact) mass is 299 g/mol. The van der Waals surface area contributed by atoms with Gasteiger partial charge in [-0.15, -0.1) is 0 Å². The number of halogens is 3. The third kappa shape index (κ3) is 2.14. The van der Waals surface area contributed by atoms with Crippen LogP contribution in [0.15, 0.2) is 18.3 Å². The number of hydrogen-bond acceptors (Lipinski definition) is 2. The standard InChI is InChI=1S/C13H12ClF2N3O/c1-19-9(4-7-2-3-17-11(14)10(7)19)12(20)18-8-5-13(15,16)6-8/h2-4,8H,5-6H2,1H3,(H,18,20). The maximum absolute atomic E-state index is 12.8. The van der Waals surface area contributed by atoms with Crippen molar-refractivity contribution in [1.82, 2.24) is 14.9 Å². The summed E-state index contributed by atoms with van der Waals surface area (Å²) in [7, 11) is 1.69. The summed E-state index contributed by atoms with van der Waals surface area (Å²) in [5, 5.41) is 3.70. The molecule has 7 heteroatoms. The molecule has 0 radical (unpaired) electrons. The van der Waals surface area contributed by atoms with Gasteiger partial charge in [-0.3, -0.25) is 4.79 Å². The van der Waals surface area contributed by atoms with E-state index in [1.165, 1.54) is 0 Å². The summed E-state index contributed by atoms with van der Waals surface area (Å²) in [4.78, 5) is 16.1. The van der Waals surface area contributed by atoms with E-state index in [2.05, 4.69) is 10.3 Å². The highest BCUT2D eigenvalue weighted by atomic mass is 35.5. The number of fused-ring (bicyclic) bond motifs is 1. The quantitative estimate of drug-likeness (QED) is 0.867. The molecule has 1 saturated carbocycles. The van der Waals surface area contributed by atoms with Crippen molar-refractivity contribution in [2.24, 2.45) is 7.05 Å². The van der Waals surface area contributed by atoms with Crippen LogP contribution in [0, 0.1) is 0 Å². The van der Waals surface area contributed by atoms with Gasteiger partial charge >= 0.3 is 0 Å². The molecular formula is C13H12ClF2N3O. The molecule has 0 spiro atoms. The third-order valence-corrected chi connectivity index (χ3v) is 3.83. The number of rotatable bonds is 2. The van der Waals surface area contributed by atoms with Crippen LogP contribution in [0.1, 0.15) is 23.3 Å². The number of hydrogen-bond donors (Lipinski definition) is 1. The van der Waals surface area contributed by atoms with Crippen LogP contribution >= 0.6 is 11.6 Å². The van der Waals surface area contributed by atoms with Crippen LogP contribution in [0.2, 0.25) is 5.15 Å². The SMILES string of the molecule is Cn1c(C(=O)NC2CC(F)(F)C2)cc2ccnc(Cl)c21. The summed E-state index contributed by atoms with van der Waals surface area (Å²) in [6, 6.07) is 2.95. The minimum absolute atomic E-state index is 0.301. The van der Waals surface area contributed by atoms with E-state index in [9.17, 15) is 13.6 Å². The average molecular weight is 300 g/mol. The van der Waals surface area contributed by atoms with E-state index in [4.69, 9.17) is 11.6 Å². The van der Waals surface area contributed by atoms with Gasteiger partial charge in [-0.05, 0) is 12.1 Å². The lowest BCUT2D eigenvalue weighted by Crippen LogP contribution is -2.50. The Labute approximate surface area is 118 Å². The molecule has 4 nitrogen and oxygen atoms in total. The van der Waals surface area contributed by atoms with Crippen molar-refractivity contribution in [3.63, 3.8) is 0 Å². The Kier molecular flexibility index (Phi) is 2.93. The number of carbonyl (C=O) groups is 1. The van der Waals surface area contributed by atoms with Gasteiger partial charge in [0.2, 0.25) is 0 Å². The van der Waals surface area contributed by atoms with E-state index in [-0.39, 0.29) is 18.7 Å². The molecule has 0 bridgehead atoms. The van der Waals surface area contributed by atoms with Crippen LogP contribution in [0.5, 0.6) is 0 Å². The molecule has 3 rings (SSSR count). The molecule has 1 amide bonds. The normalized spacial score (nSPS) is 18.0. The number of aryl methyl sites for hydroxylation is 1. The Hall–Kier alpha value is -1.69. The molecule has 0 aromatic carbocycles. The molecular weight excluding hydrogens is 288 g/mol. The smallest absolute Gasteiger partial charge is 0.268 e. The minimum Gasteiger partial charge on any atom is -0.348 e. The molecule has 1 N–H and O–H groups in total. The van der Waals surface area contributed by atoms with Gasteiger partial charge in [-0.25, -0.2) is 13.8 Å². The van der Waals surface area contributed by atoms with E-state index in [1.54, 1.807) is 29.9 Å². The molecule has 1 aliphatic carbocycles. The fourth-order valence-corrected chi connectivity index (χ4v) is 2.79. The number of nitrogens with one attached hydrogen (secondary N) is 1. The number of nitrogens with zero attached hydrogens (tertiary/aromatic N) is 2. The van der Waals surface area contributed by atoms with E-state index in [1.807, 2.05) is 0 Å². The van der Waals surface area contributed by atoms with Gasteiger partial charge in [0, 0.05) is 37.5 Å². The zero-order chi connectivity index (χ0) is 14.5. The van der Waals surface area contributed by atoms with E-state index >= 15 is 0 Å². The summed E-state index contributed by atoms with van der Waals surface area (Å²) in [5.74, 6) is -3.02. The van der Waals surface area contributed by atoms with Gasteiger partial charge in [0.1, 0.15) is 5.69 Å². The maximum Gasteiger partial charge on any atom is 0.268 e. The summed E-state index contributed by atoms with van der Waals surface area (Å²) < 4.78 is 27.1. The zero-order valence-corrected chi connectivity index (χ0v) is 11.4. The van der Waals surface area contributed by atoms with Crippen molar-refractivity contribution in [1.29, 1.82) is 0 Å².